The summed E-state index contributed by atoms with van der Waals surface area (Å²) in [4.78, 5) is 15.9. The van der Waals surface area contributed by atoms with Crippen molar-refractivity contribution >= 4 is 34.0 Å². The minimum absolute atomic E-state index is 0.299. The Hall–Kier alpha value is -1.59. The average Bonchev–Trinajstić information content (AvgIpc) is 2.83. The molecule has 1 aromatic carbocycles. The lowest BCUT2D eigenvalue weighted by Gasteiger charge is -2.13. The van der Waals surface area contributed by atoms with Crippen LogP contribution in [-0.4, -0.2) is 18.1 Å². The molecule has 1 atom stereocenters. The van der Waals surface area contributed by atoms with Crippen molar-refractivity contribution in [3.05, 3.63) is 34.2 Å². The van der Waals surface area contributed by atoms with Gasteiger partial charge in [0.2, 0.25) is 0 Å². The van der Waals surface area contributed by atoms with Crippen molar-refractivity contribution in [3.8, 4) is 11.3 Å². The van der Waals surface area contributed by atoms with Gasteiger partial charge in [0.05, 0.1) is 18.7 Å². The number of hydrogen-bond acceptors (Lipinski definition) is 5. The lowest BCUT2D eigenvalue weighted by atomic mass is 9.94. The fourth-order valence-corrected chi connectivity index (χ4v) is 2.58. The molecule has 2 aromatic rings. The van der Waals surface area contributed by atoms with E-state index < -0.39 is 0 Å². The Labute approximate surface area is 120 Å². The zero-order valence-electron chi connectivity index (χ0n) is 10.5. The zero-order chi connectivity index (χ0) is 14.0. The molecular formula is C13H13ClN2O2S. The monoisotopic (exact) mass is 296 g/mol. The highest BCUT2D eigenvalue weighted by Gasteiger charge is 2.21. The Morgan fingerprint density at radius 3 is 2.84 bits per heavy atom. The van der Waals surface area contributed by atoms with Crippen LogP contribution < -0.4 is 5.73 Å². The zero-order valence-corrected chi connectivity index (χ0v) is 12.1. The molecule has 0 amide bonds. The van der Waals surface area contributed by atoms with Gasteiger partial charge in [0.15, 0.2) is 5.13 Å². The Morgan fingerprint density at radius 2 is 2.26 bits per heavy atom. The standard InChI is InChI=1S/C13H13ClN2O2S/c1-7(12(17)18-2)9-4-3-8(14)5-10(9)11-6-19-13(15)16-11/h3-7H,1-2H3,(H2,15,16). The number of esters is 1. The molecule has 4 nitrogen and oxygen atoms in total. The van der Waals surface area contributed by atoms with Gasteiger partial charge in [-0.3, -0.25) is 4.79 Å². The first-order valence-corrected chi connectivity index (χ1v) is 6.87. The second-order valence-corrected chi connectivity index (χ2v) is 5.37. The number of thiazole rings is 1. The lowest BCUT2D eigenvalue weighted by molar-refractivity contribution is -0.141. The summed E-state index contributed by atoms with van der Waals surface area (Å²) < 4.78 is 4.78. The van der Waals surface area contributed by atoms with Crippen LogP contribution in [0.5, 0.6) is 0 Å². The maximum absolute atomic E-state index is 11.7. The van der Waals surface area contributed by atoms with Crippen molar-refractivity contribution in [3.63, 3.8) is 0 Å². The molecule has 0 fully saturated rings. The van der Waals surface area contributed by atoms with E-state index in [-0.39, 0.29) is 11.9 Å². The number of anilines is 1. The fraction of sp³-hybridized carbons (Fsp3) is 0.231. The quantitative estimate of drug-likeness (QED) is 0.882. The minimum Gasteiger partial charge on any atom is -0.469 e. The van der Waals surface area contributed by atoms with Crippen LogP contribution in [-0.2, 0) is 9.53 Å². The lowest BCUT2D eigenvalue weighted by Crippen LogP contribution is -2.11. The second kappa shape index (κ2) is 5.59. The highest BCUT2D eigenvalue weighted by Crippen LogP contribution is 2.33. The van der Waals surface area contributed by atoms with Gasteiger partial charge in [-0.1, -0.05) is 17.7 Å². The van der Waals surface area contributed by atoms with E-state index in [9.17, 15) is 4.79 Å². The first kappa shape index (κ1) is 13.8. The molecule has 19 heavy (non-hydrogen) atoms. The van der Waals surface area contributed by atoms with Crippen molar-refractivity contribution < 1.29 is 9.53 Å². The molecule has 0 saturated carbocycles. The maximum atomic E-state index is 11.7. The number of methoxy groups -OCH3 is 1. The topological polar surface area (TPSA) is 65.2 Å². The molecule has 2 rings (SSSR count). The van der Waals surface area contributed by atoms with Gasteiger partial charge in [0.1, 0.15) is 0 Å². The third-order valence-corrected chi connectivity index (χ3v) is 3.74. The van der Waals surface area contributed by atoms with E-state index in [1.54, 1.807) is 19.1 Å². The number of nitrogens with two attached hydrogens (primary N) is 1. The molecule has 1 unspecified atom stereocenters. The van der Waals surface area contributed by atoms with Gasteiger partial charge in [-0.15, -0.1) is 11.3 Å². The number of benzene rings is 1. The third kappa shape index (κ3) is 2.88. The molecule has 1 heterocycles. The van der Waals surface area contributed by atoms with Crippen LogP contribution >= 0.6 is 22.9 Å². The normalized spacial score (nSPS) is 12.2. The van der Waals surface area contributed by atoms with Crippen molar-refractivity contribution in [1.29, 1.82) is 0 Å². The molecule has 0 aliphatic rings. The first-order chi connectivity index (χ1) is 9.02. The number of aromatic nitrogens is 1. The Kier molecular flexibility index (Phi) is 4.07. The predicted octanol–water partition coefficient (Wildman–Crippen LogP) is 3.32. The summed E-state index contributed by atoms with van der Waals surface area (Å²) in [7, 11) is 1.37. The molecule has 0 aliphatic heterocycles. The summed E-state index contributed by atoms with van der Waals surface area (Å²) in [6.07, 6.45) is 0. The van der Waals surface area contributed by atoms with E-state index in [1.165, 1.54) is 18.4 Å². The molecule has 100 valence electrons. The average molecular weight is 297 g/mol. The van der Waals surface area contributed by atoms with E-state index in [1.807, 2.05) is 11.4 Å². The van der Waals surface area contributed by atoms with Crippen LogP contribution in [0.4, 0.5) is 5.13 Å². The van der Waals surface area contributed by atoms with Crippen molar-refractivity contribution in [2.24, 2.45) is 0 Å². The van der Waals surface area contributed by atoms with Gasteiger partial charge in [-0.25, -0.2) is 4.98 Å². The molecule has 0 aliphatic carbocycles. The highest BCUT2D eigenvalue weighted by molar-refractivity contribution is 7.13. The van der Waals surface area contributed by atoms with E-state index in [4.69, 9.17) is 22.1 Å². The molecule has 6 heteroatoms. The predicted molar refractivity (Wildman–Crippen MR) is 77.4 cm³/mol. The number of carbonyl (C=O) groups is 1. The van der Waals surface area contributed by atoms with E-state index in [0.29, 0.717) is 10.2 Å². The molecule has 0 saturated heterocycles. The molecule has 0 spiro atoms. The van der Waals surface area contributed by atoms with Crippen molar-refractivity contribution in [1.82, 2.24) is 4.98 Å². The number of hydrogen-bond donors (Lipinski definition) is 1. The third-order valence-electron chi connectivity index (χ3n) is 2.83. The summed E-state index contributed by atoms with van der Waals surface area (Å²) >= 11 is 7.37. The van der Waals surface area contributed by atoms with E-state index in [0.717, 1.165) is 16.8 Å². The second-order valence-electron chi connectivity index (χ2n) is 4.05. The number of carbonyl (C=O) groups excluding carboxylic acids is 1. The molecule has 1 aromatic heterocycles. The smallest absolute Gasteiger partial charge is 0.312 e. The van der Waals surface area contributed by atoms with Crippen LogP contribution in [0.25, 0.3) is 11.3 Å². The molecule has 0 radical (unpaired) electrons. The van der Waals surface area contributed by atoms with Gasteiger partial charge in [0, 0.05) is 16.0 Å². The number of rotatable bonds is 3. The van der Waals surface area contributed by atoms with Gasteiger partial charge in [-0.05, 0) is 24.6 Å². The Bertz CT molecular complexity index is 612. The van der Waals surface area contributed by atoms with Crippen molar-refractivity contribution in [2.45, 2.75) is 12.8 Å². The van der Waals surface area contributed by atoms with E-state index >= 15 is 0 Å². The minimum atomic E-state index is -0.389. The maximum Gasteiger partial charge on any atom is 0.312 e. The van der Waals surface area contributed by atoms with Crippen LogP contribution in [0.3, 0.4) is 0 Å². The van der Waals surface area contributed by atoms with Crippen molar-refractivity contribution in [2.75, 3.05) is 12.8 Å². The van der Waals surface area contributed by atoms with E-state index in [2.05, 4.69) is 4.98 Å². The summed E-state index contributed by atoms with van der Waals surface area (Å²) in [5, 5.41) is 2.91. The van der Waals surface area contributed by atoms with Crippen LogP contribution in [0.1, 0.15) is 18.4 Å². The Balaban J connectivity index is 2.52. The molecular weight excluding hydrogens is 284 g/mol. The van der Waals surface area contributed by atoms with Crippen LogP contribution in [0.2, 0.25) is 5.02 Å². The van der Waals surface area contributed by atoms with Gasteiger partial charge >= 0.3 is 5.97 Å². The van der Waals surface area contributed by atoms with Gasteiger partial charge in [0.25, 0.3) is 0 Å². The number of ether oxygens (including phenoxy) is 1. The summed E-state index contributed by atoms with van der Waals surface area (Å²) in [6.45, 7) is 1.79. The highest BCUT2D eigenvalue weighted by atomic mass is 35.5. The summed E-state index contributed by atoms with van der Waals surface area (Å²) in [6, 6.07) is 5.34. The fourth-order valence-electron chi connectivity index (χ4n) is 1.84. The Morgan fingerprint density at radius 1 is 1.53 bits per heavy atom. The molecule has 2 N–H and O–H groups in total. The summed E-state index contributed by atoms with van der Waals surface area (Å²) in [5.41, 5.74) is 7.99. The van der Waals surface area contributed by atoms with Crippen LogP contribution in [0, 0.1) is 0 Å². The first-order valence-electron chi connectivity index (χ1n) is 5.61. The molecule has 0 bridgehead atoms. The largest absolute Gasteiger partial charge is 0.469 e. The SMILES string of the molecule is COC(=O)C(C)c1ccc(Cl)cc1-c1csc(N)n1. The van der Waals surface area contributed by atoms with Gasteiger partial charge < -0.3 is 10.5 Å². The number of halogens is 1. The number of nitrogen functional groups attached to an aromatic ring is 1. The van der Waals surface area contributed by atoms with Gasteiger partial charge in [-0.2, -0.15) is 0 Å². The van der Waals surface area contributed by atoms with Crippen LogP contribution in [0.15, 0.2) is 23.6 Å². The number of nitrogens with zero attached hydrogens (tertiary/aromatic N) is 1. The summed E-state index contributed by atoms with van der Waals surface area (Å²) in [5.74, 6) is -0.688.